The van der Waals surface area contributed by atoms with Gasteiger partial charge in [-0.15, -0.1) is 0 Å². The molecule has 0 atom stereocenters. The minimum atomic E-state index is -1.15. The Balaban J connectivity index is 0. The van der Waals surface area contributed by atoms with Crippen LogP contribution < -0.4 is 34.7 Å². The molecule has 0 aromatic rings. The van der Waals surface area contributed by atoms with Crippen LogP contribution in [0, 0.1) is 0 Å². The Hall–Kier alpha value is -0.580. The average molecular weight is 247 g/mol. The van der Waals surface area contributed by atoms with E-state index in [0.717, 1.165) is 25.0 Å². The smallest absolute Gasteiger partial charge is 0.859 e. The SMILES string of the molecule is CCCCCC/C=C/N=C([O-])/C=C/C(=O)O.[Na+]. The molecule has 4 nitrogen and oxygen atoms in total. The molecule has 0 bridgehead atoms. The van der Waals surface area contributed by atoms with Crippen molar-refractivity contribution in [1.29, 1.82) is 0 Å². The standard InChI is InChI=1S/C12H19NO3.Na/c1-2-3-4-5-6-7-10-13-11(14)8-9-12(15)16;/h7-10H,2-6H2,1H3,(H,13,14)(H,15,16);/q;+1/p-1/b9-8+,10-7+;. The molecular formula is C12H18NNaO3. The van der Waals surface area contributed by atoms with Crippen LogP contribution in [0.5, 0.6) is 0 Å². The average Bonchev–Trinajstić information content (AvgIpc) is 2.25. The number of carbonyl (C=O) groups is 1. The van der Waals surface area contributed by atoms with Gasteiger partial charge in [0, 0.05) is 12.3 Å². The van der Waals surface area contributed by atoms with Crippen molar-refractivity contribution in [3.05, 3.63) is 24.4 Å². The first-order chi connectivity index (χ1) is 7.66. The molecule has 0 heterocycles. The summed E-state index contributed by atoms with van der Waals surface area (Å²) >= 11 is 0. The molecule has 90 valence electrons. The summed E-state index contributed by atoms with van der Waals surface area (Å²) in [6.45, 7) is 2.15. The summed E-state index contributed by atoms with van der Waals surface area (Å²) in [5.74, 6) is -1.70. The van der Waals surface area contributed by atoms with E-state index in [-0.39, 0.29) is 29.6 Å². The Kier molecular flexibility index (Phi) is 14.9. The Morgan fingerprint density at radius 3 is 2.59 bits per heavy atom. The Morgan fingerprint density at radius 2 is 2.00 bits per heavy atom. The zero-order valence-electron chi connectivity index (χ0n) is 10.6. The quantitative estimate of drug-likeness (QED) is 0.194. The third-order valence-electron chi connectivity index (χ3n) is 1.90. The Bertz CT molecular complexity index is 285. The van der Waals surface area contributed by atoms with Crippen LogP contribution >= 0.6 is 0 Å². The van der Waals surface area contributed by atoms with Crippen LogP contribution in [0.15, 0.2) is 29.4 Å². The fraction of sp³-hybridized carbons (Fsp3) is 0.500. The normalized spacial score (nSPS) is 11.9. The van der Waals surface area contributed by atoms with Crippen LogP contribution in [0.1, 0.15) is 39.0 Å². The molecule has 0 amide bonds. The van der Waals surface area contributed by atoms with Crippen molar-refractivity contribution < 1.29 is 44.6 Å². The van der Waals surface area contributed by atoms with E-state index in [9.17, 15) is 9.90 Å². The zero-order valence-corrected chi connectivity index (χ0v) is 12.6. The number of aliphatic imine (C=N–C) groups is 1. The van der Waals surface area contributed by atoms with Gasteiger partial charge in [-0.3, -0.25) is 4.99 Å². The molecule has 0 saturated heterocycles. The molecule has 0 spiro atoms. The molecule has 17 heavy (non-hydrogen) atoms. The van der Waals surface area contributed by atoms with E-state index >= 15 is 0 Å². The molecule has 0 unspecified atom stereocenters. The number of aliphatic carboxylic acids is 1. The van der Waals surface area contributed by atoms with Gasteiger partial charge in [-0.25, -0.2) is 4.79 Å². The molecule has 0 aliphatic carbocycles. The van der Waals surface area contributed by atoms with Gasteiger partial charge in [0.25, 0.3) is 0 Å². The minimum Gasteiger partial charge on any atom is -0.859 e. The molecule has 5 heteroatoms. The van der Waals surface area contributed by atoms with E-state index < -0.39 is 11.9 Å². The number of allylic oxidation sites excluding steroid dienone is 1. The minimum absolute atomic E-state index is 0. The van der Waals surface area contributed by atoms with Gasteiger partial charge in [-0.1, -0.05) is 32.3 Å². The fourth-order valence-electron chi connectivity index (χ4n) is 1.08. The van der Waals surface area contributed by atoms with E-state index in [1.807, 2.05) is 6.08 Å². The summed E-state index contributed by atoms with van der Waals surface area (Å²) in [5.41, 5.74) is 0. The molecular weight excluding hydrogens is 229 g/mol. The first kappa shape index (κ1) is 18.8. The summed E-state index contributed by atoms with van der Waals surface area (Å²) in [6, 6.07) is 0. The maximum absolute atomic E-state index is 10.9. The van der Waals surface area contributed by atoms with Gasteiger partial charge in [0.1, 0.15) is 0 Å². The van der Waals surface area contributed by atoms with Crippen molar-refractivity contribution >= 4 is 11.9 Å². The van der Waals surface area contributed by atoms with Gasteiger partial charge < -0.3 is 10.2 Å². The first-order valence-corrected chi connectivity index (χ1v) is 5.47. The maximum Gasteiger partial charge on any atom is 1.00 e. The Labute approximate surface area is 124 Å². The molecule has 0 saturated carbocycles. The van der Waals surface area contributed by atoms with Crippen LogP contribution in [0.25, 0.3) is 0 Å². The van der Waals surface area contributed by atoms with Gasteiger partial charge >= 0.3 is 35.5 Å². The van der Waals surface area contributed by atoms with Crippen molar-refractivity contribution in [3.8, 4) is 0 Å². The summed E-state index contributed by atoms with van der Waals surface area (Å²) < 4.78 is 0. The number of unbranched alkanes of at least 4 members (excludes halogenated alkanes) is 4. The molecule has 0 radical (unpaired) electrons. The molecule has 1 N–H and O–H groups in total. The zero-order chi connectivity index (χ0) is 12.2. The second-order valence-electron chi connectivity index (χ2n) is 3.37. The number of carboxylic acids is 1. The van der Waals surface area contributed by atoms with Crippen molar-refractivity contribution in [2.45, 2.75) is 39.0 Å². The molecule has 0 aliphatic heterocycles. The van der Waals surface area contributed by atoms with Crippen molar-refractivity contribution in [1.82, 2.24) is 0 Å². The second-order valence-corrected chi connectivity index (χ2v) is 3.37. The number of rotatable bonds is 8. The molecule has 0 aromatic carbocycles. The van der Waals surface area contributed by atoms with Gasteiger partial charge in [0.2, 0.25) is 0 Å². The van der Waals surface area contributed by atoms with E-state index in [1.165, 1.54) is 25.5 Å². The van der Waals surface area contributed by atoms with E-state index in [1.54, 1.807) is 0 Å². The molecule has 0 rings (SSSR count). The number of carboxylic acid groups (broad SMARTS) is 1. The van der Waals surface area contributed by atoms with E-state index in [0.29, 0.717) is 0 Å². The maximum atomic E-state index is 10.9. The van der Waals surface area contributed by atoms with Crippen LogP contribution in [0.3, 0.4) is 0 Å². The van der Waals surface area contributed by atoms with Gasteiger partial charge in [0.05, 0.1) is 0 Å². The summed E-state index contributed by atoms with van der Waals surface area (Å²) in [6.07, 6.45) is 10.6. The predicted molar refractivity (Wildman–Crippen MR) is 62.1 cm³/mol. The predicted octanol–water partition coefficient (Wildman–Crippen LogP) is -1.13. The first-order valence-electron chi connectivity index (χ1n) is 5.47. The monoisotopic (exact) mass is 247 g/mol. The van der Waals surface area contributed by atoms with E-state index in [2.05, 4.69) is 11.9 Å². The number of hydrogen-bond acceptors (Lipinski definition) is 3. The number of hydrogen-bond donors (Lipinski definition) is 1. The van der Waals surface area contributed by atoms with Gasteiger partial charge in [-0.2, -0.15) is 0 Å². The molecule has 0 aromatic heterocycles. The van der Waals surface area contributed by atoms with Crippen LogP contribution in [0.4, 0.5) is 0 Å². The summed E-state index contributed by atoms with van der Waals surface area (Å²) in [4.78, 5) is 13.6. The van der Waals surface area contributed by atoms with Crippen LogP contribution in [-0.2, 0) is 4.79 Å². The van der Waals surface area contributed by atoms with Crippen LogP contribution in [-0.4, -0.2) is 17.0 Å². The Morgan fingerprint density at radius 1 is 1.29 bits per heavy atom. The fourth-order valence-corrected chi connectivity index (χ4v) is 1.08. The van der Waals surface area contributed by atoms with Crippen molar-refractivity contribution in [2.75, 3.05) is 0 Å². The molecule has 0 aliphatic rings. The third-order valence-corrected chi connectivity index (χ3v) is 1.90. The van der Waals surface area contributed by atoms with E-state index in [4.69, 9.17) is 5.11 Å². The van der Waals surface area contributed by atoms with Crippen molar-refractivity contribution in [3.63, 3.8) is 0 Å². The summed E-state index contributed by atoms with van der Waals surface area (Å²) in [5, 5.41) is 19.2. The van der Waals surface area contributed by atoms with Gasteiger partial charge in [0.15, 0.2) is 0 Å². The largest absolute Gasteiger partial charge is 1.00 e. The molecule has 0 fully saturated rings. The number of nitrogens with zero attached hydrogens (tertiary/aromatic N) is 1. The summed E-state index contributed by atoms with van der Waals surface area (Å²) in [7, 11) is 0. The van der Waals surface area contributed by atoms with Gasteiger partial charge in [-0.05, 0) is 24.8 Å². The van der Waals surface area contributed by atoms with Crippen molar-refractivity contribution in [2.24, 2.45) is 4.99 Å². The topological polar surface area (TPSA) is 72.7 Å². The second kappa shape index (κ2) is 13.5. The van der Waals surface area contributed by atoms with Crippen LogP contribution in [0.2, 0.25) is 0 Å². The third kappa shape index (κ3) is 15.4.